The van der Waals surface area contributed by atoms with Gasteiger partial charge in [-0.15, -0.1) is 24.0 Å². The lowest BCUT2D eigenvalue weighted by molar-refractivity contribution is 0.309. The number of likely N-dealkylation sites (N-methyl/N-ethyl adjacent to an activating group) is 1. The van der Waals surface area contributed by atoms with Gasteiger partial charge in [0.25, 0.3) is 0 Å². The molecule has 1 atom stereocenters. The molecule has 24 heavy (non-hydrogen) atoms. The van der Waals surface area contributed by atoms with Gasteiger partial charge in [-0.25, -0.2) is 0 Å². The fourth-order valence-electron chi connectivity index (χ4n) is 3.51. The highest BCUT2D eigenvalue weighted by atomic mass is 127. The van der Waals surface area contributed by atoms with Crippen LogP contribution in [0.4, 0.5) is 0 Å². The van der Waals surface area contributed by atoms with Gasteiger partial charge >= 0.3 is 0 Å². The van der Waals surface area contributed by atoms with E-state index in [9.17, 15) is 0 Å². The molecule has 2 fully saturated rings. The first-order chi connectivity index (χ1) is 11.1. The predicted octanol–water partition coefficient (Wildman–Crippen LogP) is 3.36. The third-order valence-corrected chi connectivity index (χ3v) is 5.98. The van der Waals surface area contributed by atoms with Crippen LogP contribution in [-0.4, -0.2) is 50.6 Å². The minimum atomic E-state index is 0. The fraction of sp³-hybridized carbons (Fsp3) is 0.611. The Balaban J connectivity index is 0.00000208. The number of hydrogen-bond donors (Lipinski definition) is 2. The molecule has 0 aromatic heterocycles. The summed E-state index contributed by atoms with van der Waals surface area (Å²) in [6, 6.07) is 9.21. The van der Waals surface area contributed by atoms with Crippen LogP contribution in [0.1, 0.15) is 31.2 Å². The van der Waals surface area contributed by atoms with E-state index in [2.05, 4.69) is 67.8 Å². The first-order valence-electron chi connectivity index (χ1n) is 8.54. The fourth-order valence-corrected chi connectivity index (χ4v) is 4.21. The number of nitrogens with one attached hydrogen (secondary N) is 2. The molecule has 2 N–H and O–H groups in total. The maximum Gasteiger partial charge on any atom is 0.191 e. The molecule has 1 heterocycles. The highest BCUT2D eigenvalue weighted by molar-refractivity contribution is 14.0. The van der Waals surface area contributed by atoms with E-state index < -0.39 is 0 Å². The van der Waals surface area contributed by atoms with Gasteiger partial charge in [0.05, 0.1) is 0 Å². The Morgan fingerprint density at radius 3 is 2.67 bits per heavy atom. The zero-order valence-corrected chi connectivity index (χ0v) is 18.4. The van der Waals surface area contributed by atoms with E-state index in [0.717, 1.165) is 19.0 Å². The summed E-state index contributed by atoms with van der Waals surface area (Å²) in [6.45, 7) is 3.12. The summed E-state index contributed by atoms with van der Waals surface area (Å²) in [4.78, 5) is 6.82. The van der Waals surface area contributed by atoms with Crippen LogP contribution in [0.25, 0.3) is 0 Å². The third kappa shape index (κ3) is 4.64. The largest absolute Gasteiger partial charge is 0.356 e. The van der Waals surface area contributed by atoms with E-state index in [-0.39, 0.29) is 29.4 Å². The Kier molecular flexibility index (Phi) is 7.37. The van der Waals surface area contributed by atoms with Crippen LogP contribution in [0.5, 0.6) is 0 Å². The van der Waals surface area contributed by atoms with E-state index in [1.165, 1.54) is 42.3 Å². The number of hydrogen-bond acceptors (Lipinski definition) is 2. The van der Waals surface area contributed by atoms with Crippen molar-refractivity contribution < 1.29 is 0 Å². The van der Waals surface area contributed by atoms with Crippen LogP contribution in [0, 0.1) is 0 Å². The van der Waals surface area contributed by atoms with Crippen molar-refractivity contribution in [3.63, 3.8) is 0 Å². The molecule has 0 radical (unpaired) electrons. The van der Waals surface area contributed by atoms with Crippen molar-refractivity contribution in [1.29, 1.82) is 0 Å². The van der Waals surface area contributed by atoms with Crippen molar-refractivity contribution in [3.05, 3.63) is 34.3 Å². The summed E-state index contributed by atoms with van der Waals surface area (Å²) in [5, 5.41) is 7.03. The summed E-state index contributed by atoms with van der Waals surface area (Å²) < 4.78 is 1.22. The standard InChI is InChI=1S/C18H27BrN4.HI/c1-20-17(21-12-14-6-5-11-23(14)2)22-13-18(9-10-18)15-7-3-4-8-16(15)19;/h3-4,7-8,14H,5-6,9-13H2,1-2H3,(H2,20,21,22);1H. The van der Waals surface area contributed by atoms with Gasteiger partial charge in [0.2, 0.25) is 0 Å². The van der Waals surface area contributed by atoms with E-state index in [4.69, 9.17) is 0 Å². The van der Waals surface area contributed by atoms with Crippen LogP contribution in [0.3, 0.4) is 0 Å². The molecule has 1 unspecified atom stereocenters. The molecule has 1 aliphatic carbocycles. The maximum absolute atomic E-state index is 4.39. The van der Waals surface area contributed by atoms with Crippen molar-refractivity contribution in [3.8, 4) is 0 Å². The quantitative estimate of drug-likeness (QED) is 0.365. The molecule has 1 saturated heterocycles. The lowest BCUT2D eigenvalue weighted by Gasteiger charge is -2.23. The molecule has 3 rings (SSSR count). The average Bonchev–Trinajstić information content (AvgIpc) is 3.23. The third-order valence-electron chi connectivity index (χ3n) is 5.29. The van der Waals surface area contributed by atoms with Crippen molar-refractivity contribution >= 4 is 45.9 Å². The minimum Gasteiger partial charge on any atom is -0.356 e. The SMILES string of the molecule is CN=C(NCC1CCCN1C)NCC1(c2ccccc2Br)CC1.I. The zero-order chi connectivity index (χ0) is 16.3. The Hall–Kier alpha value is -0.340. The summed E-state index contributed by atoms with van der Waals surface area (Å²) in [6.07, 6.45) is 5.07. The Labute approximate surface area is 171 Å². The molecule has 1 aromatic carbocycles. The highest BCUT2D eigenvalue weighted by Crippen LogP contribution is 2.49. The summed E-state index contributed by atoms with van der Waals surface area (Å²) in [5.41, 5.74) is 1.68. The predicted molar refractivity (Wildman–Crippen MR) is 115 cm³/mol. The first kappa shape index (κ1) is 20.0. The minimum absolute atomic E-state index is 0. The van der Waals surface area contributed by atoms with Crippen LogP contribution in [0.2, 0.25) is 0 Å². The van der Waals surface area contributed by atoms with Crippen LogP contribution >= 0.6 is 39.9 Å². The maximum atomic E-state index is 4.39. The topological polar surface area (TPSA) is 39.7 Å². The molecular formula is C18H28BrIN4. The van der Waals surface area contributed by atoms with E-state index in [1.54, 1.807) is 0 Å². The number of likely N-dealkylation sites (tertiary alicyclic amines) is 1. The first-order valence-corrected chi connectivity index (χ1v) is 9.34. The van der Waals surface area contributed by atoms with Gasteiger partial charge in [0, 0.05) is 36.1 Å². The molecule has 1 aromatic rings. The number of halogens is 2. The number of rotatable bonds is 5. The lowest BCUT2D eigenvalue weighted by atomic mass is 9.96. The van der Waals surface area contributed by atoms with Gasteiger partial charge in [0.1, 0.15) is 0 Å². The molecule has 4 nitrogen and oxygen atoms in total. The van der Waals surface area contributed by atoms with E-state index >= 15 is 0 Å². The van der Waals surface area contributed by atoms with Gasteiger partial charge < -0.3 is 15.5 Å². The smallest absolute Gasteiger partial charge is 0.191 e. The molecule has 1 aliphatic heterocycles. The Morgan fingerprint density at radius 2 is 2.08 bits per heavy atom. The molecule has 1 saturated carbocycles. The van der Waals surface area contributed by atoms with Crippen molar-refractivity contribution in [2.45, 2.75) is 37.1 Å². The van der Waals surface area contributed by atoms with Crippen LogP contribution in [0.15, 0.2) is 33.7 Å². The summed E-state index contributed by atoms with van der Waals surface area (Å²) >= 11 is 3.70. The second kappa shape index (κ2) is 8.85. The normalized spacial score (nSPS) is 22.8. The molecule has 0 spiro atoms. The highest BCUT2D eigenvalue weighted by Gasteiger charge is 2.45. The van der Waals surface area contributed by atoms with Crippen molar-refractivity contribution in [2.24, 2.45) is 4.99 Å². The van der Waals surface area contributed by atoms with Gasteiger partial charge in [-0.2, -0.15) is 0 Å². The second-order valence-electron chi connectivity index (χ2n) is 6.84. The molecule has 0 amide bonds. The van der Waals surface area contributed by atoms with Gasteiger partial charge in [-0.05, 0) is 50.9 Å². The summed E-state index contributed by atoms with van der Waals surface area (Å²) in [7, 11) is 4.06. The second-order valence-corrected chi connectivity index (χ2v) is 7.70. The number of nitrogens with zero attached hydrogens (tertiary/aromatic N) is 2. The molecular weight excluding hydrogens is 479 g/mol. The average molecular weight is 507 g/mol. The van der Waals surface area contributed by atoms with Crippen molar-refractivity contribution in [1.82, 2.24) is 15.5 Å². The molecule has 0 bridgehead atoms. The van der Waals surface area contributed by atoms with Crippen molar-refractivity contribution in [2.75, 3.05) is 33.7 Å². The number of benzene rings is 1. The molecule has 134 valence electrons. The Morgan fingerprint density at radius 1 is 1.33 bits per heavy atom. The number of guanidine groups is 1. The van der Waals surface area contributed by atoms with Gasteiger partial charge in [-0.1, -0.05) is 34.1 Å². The van der Waals surface area contributed by atoms with Gasteiger partial charge in [-0.3, -0.25) is 4.99 Å². The monoisotopic (exact) mass is 506 g/mol. The lowest BCUT2D eigenvalue weighted by Crippen LogP contribution is -2.45. The van der Waals surface area contributed by atoms with E-state index in [1.807, 2.05) is 7.05 Å². The van der Waals surface area contributed by atoms with E-state index in [0.29, 0.717) is 6.04 Å². The van der Waals surface area contributed by atoms with Gasteiger partial charge in [0.15, 0.2) is 5.96 Å². The molecule has 2 aliphatic rings. The zero-order valence-electron chi connectivity index (χ0n) is 14.5. The van der Waals surface area contributed by atoms with Crippen LogP contribution < -0.4 is 10.6 Å². The molecule has 6 heteroatoms. The summed E-state index contributed by atoms with van der Waals surface area (Å²) in [5.74, 6) is 0.920. The Bertz CT molecular complexity index is 574. The number of aliphatic imine (C=N–C) groups is 1. The van der Waals surface area contributed by atoms with Crippen LogP contribution in [-0.2, 0) is 5.41 Å².